The summed E-state index contributed by atoms with van der Waals surface area (Å²) >= 11 is 3.21. The van der Waals surface area contributed by atoms with Crippen LogP contribution in [-0.4, -0.2) is 41.1 Å². The van der Waals surface area contributed by atoms with E-state index in [2.05, 4.69) is 22.4 Å². The summed E-state index contributed by atoms with van der Waals surface area (Å²) in [5, 5.41) is 11.0. The highest BCUT2D eigenvalue weighted by Crippen LogP contribution is 2.22. The van der Waals surface area contributed by atoms with Gasteiger partial charge in [0, 0.05) is 5.75 Å². The summed E-state index contributed by atoms with van der Waals surface area (Å²) in [5.41, 5.74) is 1.14. The van der Waals surface area contributed by atoms with Crippen molar-refractivity contribution in [2.24, 2.45) is 0 Å². The van der Waals surface area contributed by atoms with Crippen LogP contribution >= 0.6 is 23.1 Å². The largest absolute Gasteiger partial charge is 0.468 e. The first-order valence-electron chi connectivity index (χ1n) is 6.35. The van der Waals surface area contributed by atoms with Crippen LogP contribution in [0.25, 0.3) is 0 Å². The van der Waals surface area contributed by atoms with Gasteiger partial charge in [-0.15, -0.1) is 10.2 Å². The van der Waals surface area contributed by atoms with Crippen LogP contribution in [0.3, 0.4) is 0 Å². The maximum Gasteiger partial charge on any atom is 0.325 e. The van der Waals surface area contributed by atoms with Gasteiger partial charge in [0.2, 0.25) is 0 Å². The third-order valence-electron chi connectivity index (χ3n) is 2.79. The second-order valence-electron chi connectivity index (χ2n) is 4.41. The number of rotatable bonds is 9. The van der Waals surface area contributed by atoms with E-state index >= 15 is 0 Å². The standard InChI is InChI=1S/C12H21N3O2S2/c1-4-7-13-12(2,10(16)17-3)6-5-8-18-11-15-14-9-19-11/h9,13H,4-8H2,1-3H3. The first-order valence-corrected chi connectivity index (χ1v) is 8.21. The zero-order valence-corrected chi connectivity index (χ0v) is 13.3. The highest BCUT2D eigenvalue weighted by molar-refractivity contribution is 8.00. The molecule has 0 aliphatic heterocycles. The molecule has 1 unspecified atom stereocenters. The SMILES string of the molecule is CCCNC(C)(CCCSc1nncs1)C(=O)OC. The van der Waals surface area contributed by atoms with Crippen molar-refractivity contribution < 1.29 is 9.53 Å². The molecule has 1 aromatic heterocycles. The highest BCUT2D eigenvalue weighted by atomic mass is 32.2. The van der Waals surface area contributed by atoms with Gasteiger partial charge in [-0.3, -0.25) is 4.79 Å². The molecule has 0 aliphatic rings. The smallest absolute Gasteiger partial charge is 0.325 e. The van der Waals surface area contributed by atoms with E-state index < -0.39 is 5.54 Å². The van der Waals surface area contributed by atoms with E-state index in [-0.39, 0.29) is 5.97 Å². The lowest BCUT2D eigenvalue weighted by atomic mass is 9.96. The van der Waals surface area contributed by atoms with E-state index in [0.717, 1.165) is 35.9 Å². The van der Waals surface area contributed by atoms with Gasteiger partial charge in [-0.2, -0.15) is 0 Å². The fourth-order valence-corrected chi connectivity index (χ4v) is 3.20. The Balaban J connectivity index is 2.37. The Kier molecular flexibility index (Phi) is 7.33. The number of hydrogen-bond donors (Lipinski definition) is 1. The molecule has 0 fully saturated rings. The minimum Gasteiger partial charge on any atom is -0.468 e. The van der Waals surface area contributed by atoms with Crippen LogP contribution in [0, 0.1) is 0 Å². The zero-order chi connectivity index (χ0) is 14.1. The molecule has 108 valence electrons. The van der Waals surface area contributed by atoms with Gasteiger partial charge in [-0.1, -0.05) is 30.0 Å². The average molecular weight is 303 g/mol. The molecule has 0 saturated heterocycles. The molecule has 0 bridgehead atoms. The van der Waals surface area contributed by atoms with Gasteiger partial charge in [0.1, 0.15) is 11.0 Å². The van der Waals surface area contributed by atoms with Crippen LogP contribution in [0.5, 0.6) is 0 Å². The lowest BCUT2D eigenvalue weighted by Crippen LogP contribution is -2.50. The third-order valence-corrected chi connectivity index (χ3v) is 4.73. The number of nitrogens with one attached hydrogen (secondary N) is 1. The van der Waals surface area contributed by atoms with E-state index in [4.69, 9.17) is 4.74 Å². The van der Waals surface area contributed by atoms with Crippen LogP contribution in [0.1, 0.15) is 33.1 Å². The molecule has 1 heterocycles. The second kappa shape index (κ2) is 8.50. The van der Waals surface area contributed by atoms with E-state index in [0.29, 0.717) is 0 Å². The Hall–Kier alpha value is -0.660. The molecule has 7 heteroatoms. The fraction of sp³-hybridized carbons (Fsp3) is 0.750. The summed E-state index contributed by atoms with van der Waals surface area (Å²) in [6.45, 7) is 4.80. The number of thioether (sulfide) groups is 1. The topological polar surface area (TPSA) is 64.1 Å². The van der Waals surface area contributed by atoms with Crippen molar-refractivity contribution in [3.8, 4) is 0 Å². The quantitative estimate of drug-likeness (QED) is 0.429. The Morgan fingerprint density at radius 3 is 3.00 bits per heavy atom. The van der Waals surface area contributed by atoms with Crippen LogP contribution in [0.4, 0.5) is 0 Å². The Labute approximate surface area is 122 Å². The van der Waals surface area contributed by atoms with Crippen LogP contribution < -0.4 is 5.32 Å². The molecule has 0 saturated carbocycles. The van der Waals surface area contributed by atoms with Crippen molar-refractivity contribution >= 4 is 29.1 Å². The van der Waals surface area contributed by atoms with E-state index in [1.165, 1.54) is 18.4 Å². The summed E-state index contributed by atoms with van der Waals surface area (Å²) in [6.07, 6.45) is 2.67. The first-order chi connectivity index (χ1) is 9.12. The number of nitrogens with zero attached hydrogens (tertiary/aromatic N) is 2. The van der Waals surface area contributed by atoms with Crippen molar-refractivity contribution in [3.63, 3.8) is 0 Å². The molecule has 19 heavy (non-hydrogen) atoms. The van der Waals surface area contributed by atoms with Crippen LogP contribution in [-0.2, 0) is 9.53 Å². The first kappa shape index (κ1) is 16.4. The molecule has 0 spiro atoms. The molecule has 0 aliphatic carbocycles. The lowest BCUT2D eigenvalue weighted by molar-refractivity contribution is -0.148. The maximum atomic E-state index is 11.9. The van der Waals surface area contributed by atoms with E-state index in [1.807, 2.05) is 6.92 Å². The number of hydrogen-bond acceptors (Lipinski definition) is 7. The third kappa shape index (κ3) is 5.46. The minimum atomic E-state index is -0.591. The van der Waals surface area contributed by atoms with Gasteiger partial charge in [0.05, 0.1) is 7.11 Å². The minimum absolute atomic E-state index is 0.193. The number of esters is 1. The Morgan fingerprint density at radius 2 is 2.42 bits per heavy atom. The molecule has 1 N–H and O–H groups in total. The van der Waals surface area contributed by atoms with Gasteiger partial charge < -0.3 is 10.1 Å². The normalized spacial score (nSPS) is 14.1. The van der Waals surface area contributed by atoms with Gasteiger partial charge >= 0.3 is 5.97 Å². The number of aromatic nitrogens is 2. The number of methoxy groups -OCH3 is 1. The summed E-state index contributed by atoms with van der Waals surface area (Å²) in [7, 11) is 1.43. The molecule has 0 aromatic carbocycles. The van der Waals surface area contributed by atoms with Crippen LogP contribution in [0.2, 0.25) is 0 Å². The molecular formula is C12H21N3O2S2. The van der Waals surface area contributed by atoms with Gasteiger partial charge in [0.25, 0.3) is 0 Å². The monoisotopic (exact) mass is 303 g/mol. The van der Waals surface area contributed by atoms with Crippen LogP contribution in [0.15, 0.2) is 9.85 Å². The predicted molar refractivity (Wildman–Crippen MR) is 78.6 cm³/mol. The van der Waals surface area contributed by atoms with Gasteiger partial charge in [-0.05, 0) is 32.7 Å². The lowest BCUT2D eigenvalue weighted by Gasteiger charge is -2.27. The highest BCUT2D eigenvalue weighted by Gasteiger charge is 2.32. The van der Waals surface area contributed by atoms with Gasteiger partial charge in [-0.25, -0.2) is 0 Å². The summed E-state index contributed by atoms with van der Waals surface area (Å²) in [4.78, 5) is 11.9. The number of ether oxygens (including phenoxy) is 1. The number of carbonyl (C=O) groups is 1. The van der Waals surface area contributed by atoms with Gasteiger partial charge in [0.15, 0.2) is 4.34 Å². The van der Waals surface area contributed by atoms with Crippen molar-refractivity contribution in [2.45, 2.75) is 43.0 Å². The average Bonchev–Trinajstić information content (AvgIpc) is 2.93. The predicted octanol–water partition coefficient (Wildman–Crippen LogP) is 2.34. The number of carbonyl (C=O) groups excluding carboxylic acids is 1. The second-order valence-corrected chi connectivity index (χ2v) is 6.58. The summed E-state index contributed by atoms with van der Waals surface area (Å²) in [5.74, 6) is 0.733. The summed E-state index contributed by atoms with van der Waals surface area (Å²) in [6, 6.07) is 0. The Bertz CT molecular complexity index is 373. The maximum absolute atomic E-state index is 11.9. The summed E-state index contributed by atoms with van der Waals surface area (Å²) < 4.78 is 5.86. The van der Waals surface area contributed by atoms with Crippen molar-refractivity contribution in [1.82, 2.24) is 15.5 Å². The van der Waals surface area contributed by atoms with Crippen molar-refractivity contribution in [1.29, 1.82) is 0 Å². The fourth-order valence-electron chi connectivity index (χ4n) is 1.70. The van der Waals surface area contributed by atoms with E-state index in [1.54, 1.807) is 17.3 Å². The van der Waals surface area contributed by atoms with Crippen molar-refractivity contribution in [3.05, 3.63) is 5.51 Å². The van der Waals surface area contributed by atoms with E-state index in [9.17, 15) is 4.79 Å². The molecular weight excluding hydrogens is 282 g/mol. The molecule has 1 atom stereocenters. The molecule has 0 radical (unpaired) electrons. The zero-order valence-electron chi connectivity index (χ0n) is 11.6. The Morgan fingerprint density at radius 1 is 1.63 bits per heavy atom. The molecule has 0 amide bonds. The molecule has 1 aromatic rings. The molecule has 1 rings (SSSR count). The molecule has 5 nitrogen and oxygen atoms in total. The van der Waals surface area contributed by atoms with Crippen molar-refractivity contribution in [2.75, 3.05) is 19.4 Å².